The zero-order valence-electron chi connectivity index (χ0n) is 17.8. The third-order valence-corrected chi connectivity index (χ3v) is 4.65. The second kappa shape index (κ2) is 10.4. The van der Waals surface area contributed by atoms with Gasteiger partial charge in [-0.15, -0.1) is 0 Å². The molecule has 1 amide bonds. The van der Waals surface area contributed by atoms with Crippen LogP contribution in [-0.2, 0) is 20.9 Å². The van der Waals surface area contributed by atoms with E-state index in [-0.39, 0.29) is 0 Å². The molecular formula is C25H25NO5. The van der Waals surface area contributed by atoms with Crippen molar-refractivity contribution in [2.45, 2.75) is 19.6 Å². The average molecular weight is 419 g/mol. The number of ether oxygens (including phenoxy) is 3. The Kier molecular flexibility index (Phi) is 7.40. The molecule has 0 saturated carbocycles. The Balaban J connectivity index is 1.87. The minimum absolute atomic E-state index is 0.344. The van der Waals surface area contributed by atoms with Gasteiger partial charge in [0.1, 0.15) is 5.75 Å². The summed E-state index contributed by atoms with van der Waals surface area (Å²) in [4.78, 5) is 26.0. The van der Waals surface area contributed by atoms with E-state index < -0.39 is 18.0 Å². The van der Waals surface area contributed by atoms with E-state index in [1.807, 2.05) is 25.1 Å². The van der Waals surface area contributed by atoms with Gasteiger partial charge in [0.05, 0.1) is 25.0 Å². The van der Waals surface area contributed by atoms with Crippen molar-refractivity contribution in [3.05, 3.63) is 95.1 Å². The molecule has 0 unspecified atom stereocenters. The fourth-order valence-corrected chi connectivity index (χ4v) is 3.15. The highest BCUT2D eigenvalue weighted by molar-refractivity contribution is 5.99. The van der Waals surface area contributed by atoms with Gasteiger partial charge in [0.2, 0.25) is 6.10 Å². The highest BCUT2D eigenvalue weighted by Crippen LogP contribution is 2.28. The van der Waals surface area contributed by atoms with E-state index in [1.165, 1.54) is 7.11 Å². The molecule has 0 spiro atoms. The molecule has 0 bridgehead atoms. The number of benzene rings is 3. The summed E-state index contributed by atoms with van der Waals surface area (Å²) in [6.07, 6.45) is -1.13. The second-order valence-corrected chi connectivity index (χ2v) is 7.02. The normalized spacial score (nSPS) is 11.5. The molecule has 0 aliphatic heterocycles. The Morgan fingerprint density at radius 2 is 1.71 bits per heavy atom. The molecule has 1 atom stereocenters. The van der Waals surface area contributed by atoms with Crippen LogP contribution < -0.4 is 10.1 Å². The van der Waals surface area contributed by atoms with Gasteiger partial charge in [-0.1, -0.05) is 48.5 Å². The van der Waals surface area contributed by atoms with Crippen molar-refractivity contribution in [1.29, 1.82) is 0 Å². The van der Waals surface area contributed by atoms with Gasteiger partial charge in [0, 0.05) is 12.7 Å². The maximum Gasteiger partial charge on any atom is 0.339 e. The number of hydrogen-bond acceptors (Lipinski definition) is 5. The number of amides is 1. The van der Waals surface area contributed by atoms with Crippen LogP contribution in [0, 0.1) is 6.92 Å². The summed E-state index contributed by atoms with van der Waals surface area (Å²) in [7, 11) is 3.11. The van der Waals surface area contributed by atoms with Gasteiger partial charge in [-0.2, -0.15) is 0 Å². The van der Waals surface area contributed by atoms with Crippen LogP contribution >= 0.6 is 0 Å². The molecule has 0 fully saturated rings. The minimum Gasteiger partial charge on any atom is -0.495 e. The highest BCUT2D eigenvalue weighted by Gasteiger charge is 2.26. The van der Waals surface area contributed by atoms with Gasteiger partial charge in [-0.25, -0.2) is 4.79 Å². The molecule has 0 radical (unpaired) electrons. The molecule has 0 aliphatic carbocycles. The summed E-state index contributed by atoms with van der Waals surface area (Å²) in [6.45, 7) is 2.29. The van der Waals surface area contributed by atoms with Crippen molar-refractivity contribution in [2.75, 3.05) is 19.5 Å². The van der Waals surface area contributed by atoms with Gasteiger partial charge in [-0.3, -0.25) is 4.79 Å². The van der Waals surface area contributed by atoms with Crippen LogP contribution in [0.2, 0.25) is 0 Å². The summed E-state index contributed by atoms with van der Waals surface area (Å²) in [5.41, 5.74) is 3.21. The van der Waals surface area contributed by atoms with Gasteiger partial charge in [0.25, 0.3) is 5.91 Å². The van der Waals surface area contributed by atoms with Crippen LogP contribution in [0.3, 0.4) is 0 Å². The van der Waals surface area contributed by atoms with Crippen LogP contribution in [0.25, 0.3) is 0 Å². The minimum atomic E-state index is -1.13. The zero-order valence-corrected chi connectivity index (χ0v) is 17.8. The number of anilines is 1. The molecule has 0 aromatic heterocycles. The summed E-state index contributed by atoms with van der Waals surface area (Å²) in [6, 6.07) is 21.3. The zero-order chi connectivity index (χ0) is 22.2. The first-order chi connectivity index (χ1) is 15.0. The topological polar surface area (TPSA) is 73.9 Å². The van der Waals surface area contributed by atoms with Crippen LogP contribution in [0.1, 0.15) is 33.2 Å². The van der Waals surface area contributed by atoms with Gasteiger partial charge >= 0.3 is 5.97 Å². The molecule has 0 aliphatic rings. The molecule has 3 rings (SSSR count). The fraction of sp³-hybridized carbons (Fsp3) is 0.200. The summed E-state index contributed by atoms with van der Waals surface area (Å²) >= 11 is 0. The van der Waals surface area contributed by atoms with Crippen LogP contribution in [0.4, 0.5) is 5.69 Å². The number of carbonyl (C=O) groups is 2. The number of aryl methyl sites for hydroxylation is 1. The maximum absolute atomic E-state index is 13.2. The van der Waals surface area contributed by atoms with Crippen LogP contribution in [0.15, 0.2) is 72.8 Å². The smallest absolute Gasteiger partial charge is 0.339 e. The van der Waals surface area contributed by atoms with Crippen LogP contribution in [0.5, 0.6) is 5.75 Å². The first-order valence-electron chi connectivity index (χ1n) is 9.81. The molecule has 3 aromatic rings. The van der Waals surface area contributed by atoms with Crippen molar-refractivity contribution >= 4 is 17.6 Å². The third-order valence-electron chi connectivity index (χ3n) is 4.65. The van der Waals surface area contributed by atoms with E-state index in [0.717, 1.165) is 11.1 Å². The lowest BCUT2D eigenvalue weighted by Gasteiger charge is -2.19. The maximum atomic E-state index is 13.2. The number of carbonyl (C=O) groups excluding carboxylic acids is 2. The van der Waals surface area contributed by atoms with Gasteiger partial charge in [-0.05, 0) is 42.3 Å². The molecule has 6 heteroatoms. The Labute approximate surface area is 181 Å². The Hall–Kier alpha value is -3.64. The fourth-order valence-electron chi connectivity index (χ4n) is 3.15. The number of nitrogens with one attached hydrogen (secondary N) is 1. The molecule has 0 saturated heterocycles. The number of hydrogen-bond donors (Lipinski definition) is 1. The number of methoxy groups -OCH3 is 2. The van der Waals surface area contributed by atoms with Crippen molar-refractivity contribution in [3.8, 4) is 5.75 Å². The highest BCUT2D eigenvalue weighted by atomic mass is 16.5. The summed E-state index contributed by atoms with van der Waals surface area (Å²) in [5.74, 6) is -0.556. The summed E-state index contributed by atoms with van der Waals surface area (Å²) < 4.78 is 16.1. The Morgan fingerprint density at radius 1 is 0.935 bits per heavy atom. The predicted molar refractivity (Wildman–Crippen MR) is 118 cm³/mol. The Morgan fingerprint density at radius 3 is 2.42 bits per heavy atom. The molecule has 0 heterocycles. The van der Waals surface area contributed by atoms with E-state index in [0.29, 0.717) is 29.2 Å². The van der Waals surface area contributed by atoms with E-state index in [1.54, 1.807) is 61.7 Å². The molecule has 6 nitrogen and oxygen atoms in total. The quantitative estimate of drug-likeness (QED) is 0.537. The first-order valence-corrected chi connectivity index (χ1v) is 9.81. The predicted octanol–water partition coefficient (Wildman–Crippen LogP) is 4.69. The van der Waals surface area contributed by atoms with Crippen molar-refractivity contribution < 1.29 is 23.8 Å². The second-order valence-electron chi connectivity index (χ2n) is 7.02. The van der Waals surface area contributed by atoms with E-state index >= 15 is 0 Å². The van der Waals surface area contributed by atoms with Gasteiger partial charge < -0.3 is 19.5 Å². The van der Waals surface area contributed by atoms with Crippen molar-refractivity contribution in [1.82, 2.24) is 0 Å². The molecule has 31 heavy (non-hydrogen) atoms. The third kappa shape index (κ3) is 5.71. The molecule has 160 valence electrons. The number of rotatable bonds is 8. The Bertz CT molecular complexity index is 1050. The average Bonchev–Trinajstić information content (AvgIpc) is 2.78. The SMILES string of the molecule is COCc1cccc(C(=O)O[C@@H](C(=O)Nc2cc(C)ccc2OC)c2ccccc2)c1. The van der Waals surface area contributed by atoms with E-state index in [4.69, 9.17) is 14.2 Å². The van der Waals surface area contributed by atoms with Crippen molar-refractivity contribution in [3.63, 3.8) is 0 Å². The van der Waals surface area contributed by atoms with E-state index in [9.17, 15) is 9.59 Å². The standard InChI is InChI=1S/C25H25NO5/c1-17-12-13-22(30-3)21(14-17)26-24(27)23(19-9-5-4-6-10-19)31-25(28)20-11-7-8-18(15-20)16-29-2/h4-15,23H,16H2,1-3H3,(H,26,27)/t23-/m1/s1. The van der Waals surface area contributed by atoms with Crippen molar-refractivity contribution in [2.24, 2.45) is 0 Å². The molecule has 1 N–H and O–H groups in total. The first kappa shape index (κ1) is 22.1. The molecule has 3 aromatic carbocycles. The van der Waals surface area contributed by atoms with Gasteiger partial charge in [0.15, 0.2) is 0 Å². The largest absolute Gasteiger partial charge is 0.495 e. The monoisotopic (exact) mass is 419 g/mol. The van der Waals surface area contributed by atoms with Crippen LogP contribution in [-0.4, -0.2) is 26.1 Å². The lowest BCUT2D eigenvalue weighted by molar-refractivity contribution is -0.125. The lowest BCUT2D eigenvalue weighted by atomic mass is 10.1. The molecular weight excluding hydrogens is 394 g/mol. The lowest BCUT2D eigenvalue weighted by Crippen LogP contribution is -2.26. The van der Waals surface area contributed by atoms with E-state index in [2.05, 4.69) is 5.32 Å². The number of esters is 1. The summed E-state index contributed by atoms with van der Waals surface area (Å²) in [5, 5.41) is 2.83.